The molecule has 1 aromatic heterocycles. The first-order valence-corrected chi connectivity index (χ1v) is 5.59. The summed E-state index contributed by atoms with van der Waals surface area (Å²) in [6, 6.07) is 9.46. The van der Waals surface area contributed by atoms with Gasteiger partial charge in [-0.2, -0.15) is 5.26 Å². The van der Waals surface area contributed by atoms with E-state index < -0.39 is 6.29 Å². The van der Waals surface area contributed by atoms with Crippen LogP contribution in [0.5, 0.6) is 11.5 Å². The van der Waals surface area contributed by atoms with E-state index in [1.807, 2.05) is 6.07 Å². The van der Waals surface area contributed by atoms with Crippen LogP contribution in [-0.2, 0) is 0 Å². The van der Waals surface area contributed by atoms with E-state index in [2.05, 4.69) is 19.8 Å². The van der Waals surface area contributed by atoms with Crippen molar-refractivity contribution in [3.8, 4) is 17.6 Å². The number of ether oxygens (including phenoxy) is 2. The Hall–Kier alpha value is -2.88. The molecule has 1 aliphatic rings. The Morgan fingerprint density at radius 2 is 1.85 bits per heavy atom. The lowest BCUT2D eigenvalue weighted by Gasteiger charge is -2.06. The summed E-state index contributed by atoms with van der Waals surface area (Å²) in [4.78, 5) is 3.89. The number of halogens is 2. The van der Waals surface area contributed by atoms with Crippen molar-refractivity contribution in [1.82, 2.24) is 4.98 Å². The highest BCUT2D eigenvalue weighted by Gasteiger charge is 2.43. The van der Waals surface area contributed by atoms with E-state index in [9.17, 15) is 8.78 Å². The Labute approximate surface area is 112 Å². The molecule has 1 aromatic carbocycles. The summed E-state index contributed by atoms with van der Waals surface area (Å²) in [6.45, 7) is 0. The molecule has 20 heavy (non-hydrogen) atoms. The zero-order valence-corrected chi connectivity index (χ0v) is 9.93. The van der Waals surface area contributed by atoms with Crippen LogP contribution >= 0.6 is 0 Å². The van der Waals surface area contributed by atoms with Crippen LogP contribution in [0.15, 0.2) is 36.5 Å². The lowest BCUT2D eigenvalue weighted by atomic mass is 10.2. The molecule has 0 aliphatic carbocycles. The molecule has 0 fully saturated rings. The van der Waals surface area contributed by atoms with Crippen LogP contribution in [0.2, 0.25) is 0 Å². The van der Waals surface area contributed by atoms with Crippen molar-refractivity contribution in [2.24, 2.45) is 0 Å². The van der Waals surface area contributed by atoms with Crippen molar-refractivity contribution >= 4 is 11.4 Å². The molecule has 1 aliphatic heterocycles. The molecule has 0 saturated heterocycles. The Balaban J connectivity index is 1.81. The number of nitriles is 1. The second kappa shape index (κ2) is 4.35. The molecule has 5 nitrogen and oxygen atoms in total. The van der Waals surface area contributed by atoms with E-state index in [-0.39, 0.29) is 11.5 Å². The van der Waals surface area contributed by atoms with E-state index in [1.165, 1.54) is 18.3 Å². The van der Waals surface area contributed by atoms with Gasteiger partial charge in [-0.25, -0.2) is 4.98 Å². The standard InChI is InChI=1S/C13H7F2N3O2/c14-13(15)19-11-4-3-8(5-12(11)20-13)18-10-2-1-9(6-16)17-7-10/h1-5,7,18H. The van der Waals surface area contributed by atoms with Crippen molar-refractivity contribution in [2.75, 3.05) is 5.32 Å². The van der Waals surface area contributed by atoms with Gasteiger partial charge in [0.15, 0.2) is 11.5 Å². The van der Waals surface area contributed by atoms with Crippen LogP contribution in [0.3, 0.4) is 0 Å². The second-order valence-electron chi connectivity index (χ2n) is 4.00. The molecule has 3 rings (SSSR count). The molecule has 2 aromatic rings. The van der Waals surface area contributed by atoms with Gasteiger partial charge in [-0.05, 0) is 24.3 Å². The molecule has 0 bridgehead atoms. The van der Waals surface area contributed by atoms with E-state index >= 15 is 0 Å². The van der Waals surface area contributed by atoms with Crippen LogP contribution in [0.4, 0.5) is 20.2 Å². The molecule has 0 spiro atoms. The Bertz CT molecular complexity index is 696. The van der Waals surface area contributed by atoms with E-state index in [0.29, 0.717) is 17.1 Å². The molecule has 7 heteroatoms. The Morgan fingerprint density at radius 3 is 2.55 bits per heavy atom. The monoisotopic (exact) mass is 275 g/mol. The molecular formula is C13H7F2N3O2. The van der Waals surface area contributed by atoms with Crippen LogP contribution in [0.25, 0.3) is 0 Å². The Kier molecular flexibility index (Phi) is 2.64. The van der Waals surface area contributed by atoms with E-state index in [1.54, 1.807) is 18.2 Å². The summed E-state index contributed by atoms with van der Waals surface area (Å²) in [6.07, 6.45) is -2.16. The number of alkyl halides is 2. The van der Waals surface area contributed by atoms with Crippen molar-refractivity contribution in [3.63, 3.8) is 0 Å². The van der Waals surface area contributed by atoms with Gasteiger partial charge in [-0.1, -0.05) is 0 Å². The fraction of sp³-hybridized carbons (Fsp3) is 0.0769. The van der Waals surface area contributed by atoms with Crippen molar-refractivity contribution in [1.29, 1.82) is 5.26 Å². The van der Waals surface area contributed by atoms with Crippen molar-refractivity contribution in [3.05, 3.63) is 42.2 Å². The fourth-order valence-electron chi connectivity index (χ4n) is 1.73. The molecule has 0 unspecified atom stereocenters. The maximum atomic E-state index is 12.9. The summed E-state index contributed by atoms with van der Waals surface area (Å²) in [7, 11) is 0. The minimum absolute atomic E-state index is 0.0153. The van der Waals surface area contributed by atoms with Gasteiger partial charge in [0, 0.05) is 11.8 Å². The van der Waals surface area contributed by atoms with Gasteiger partial charge in [0.25, 0.3) is 0 Å². The number of nitrogens with one attached hydrogen (secondary N) is 1. The highest BCUT2D eigenvalue weighted by atomic mass is 19.3. The van der Waals surface area contributed by atoms with Gasteiger partial charge in [0.1, 0.15) is 11.8 Å². The quantitative estimate of drug-likeness (QED) is 0.912. The van der Waals surface area contributed by atoms with E-state index in [4.69, 9.17) is 5.26 Å². The molecular weight excluding hydrogens is 268 g/mol. The smallest absolute Gasteiger partial charge is 0.395 e. The zero-order chi connectivity index (χ0) is 14.2. The molecule has 2 heterocycles. The SMILES string of the molecule is N#Cc1ccc(Nc2ccc3c(c2)OC(F)(F)O3)cn1. The lowest BCUT2D eigenvalue weighted by Crippen LogP contribution is -2.25. The summed E-state index contributed by atoms with van der Waals surface area (Å²) < 4.78 is 34.4. The molecule has 100 valence electrons. The maximum Gasteiger partial charge on any atom is 0.586 e. The number of nitrogens with zero attached hydrogens (tertiary/aromatic N) is 2. The largest absolute Gasteiger partial charge is 0.586 e. The first kappa shape index (κ1) is 12.2. The van der Waals surface area contributed by atoms with Gasteiger partial charge in [-0.15, -0.1) is 8.78 Å². The highest BCUT2D eigenvalue weighted by Crippen LogP contribution is 2.42. The fourth-order valence-corrected chi connectivity index (χ4v) is 1.73. The van der Waals surface area contributed by atoms with Gasteiger partial charge < -0.3 is 14.8 Å². The highest BCUT2D eigenvalue weighted by molar-refractivity contribution is 5.63. The van der Waals surface area contributed by atoms with Crippen molar-refractivity contribution < 1.29 is 18.3 Å². The maximum absolute atomic E-state index is 12.9. The predicted molar refractivity (Wildman–Crippen MR) is 64.9 cm³/mol. The zero-order valence-electron chi connectivity index (χ0n) is 9.93. The summed E-state index contributed by atoms with van der Waals surface area (Å²) in [5.74, 6) is -0.0555. The van der Waals surface area contributed by atoms with Crippen LogP contribution < -0.4 is 14.8 Å². The summed E-state index contributed by atoms with van der Waals surface area (Å²) in [5.41, 5.74) is 1.45. The minimum Gasteiger partial charge on any atom is -0.395 e. The predicted octanol–water partition coefficient (Wildman–Crippen LogP) is 3.02. The van der Waals surface area contributed by atoms with E-state index in [0.717, 1.165) is 0 Å². The lowest BCUT2D eigenvalue weighted by molar-refractivity contribution is -0.286. The average Bonchev–Trinajstić information content (AvgIpc) is 2.73. The van der Waals surface area contributed by atoms with Gasteiger partial charge >= 0.3 is 6.29 Å². The number of hydrogen-bond donors (Lipinski definition) is 1. The van der Waals surface area contributed by atoms with Gasteiger partial charge in [0.05, 0.1) is 11.9 Å². The van der Waals surface area contributed by atoms with Gasteiger partial charge in [-0.3, -0.25) is 0 Å². The third-order valence-electron chi connectivity index (χ3n) is 2.57. The molecule has 0 saturated carbocycles. The molecule has 0 atom stereocenters. The topological polar surface area (TPSA) is 67.2 Å². The van der Waals surface area contributed by atoms with Crippen LogP contribution in [0.1, 0.15) is 5.69 Å². The van der Waals surface area contributed by atoms with Gasteiger partial charge in [0.2, 0.25) is 0 Å². The number of benzene rings is 1. The normalized spacial score (nSPS) is 14.7. The minimum atomic E-state index is -3.63. The van der Waals surface area contributed by atoms with Crippen molar-refractivity contribution in [2.45, 2.75) is 6.29 Å². The Morgan fingerprint density at radius 1 is 1.10 bits per heavy atom. The number of rotatable bonds is 2. The van der Waals surface area contributed by atoms with Crippen LogP contribution in [-0.4, -0.2) is 11.3 Å². The average molecular weight is 275 g/mol. The number of anilines is 2. The van der Waals surface area contributed by atoms with Crippen LogP contribution in [0, 0.1) is 11.3 Å². The molecule has 0 amide bonds. The summed E-state index contributed by atoms with van der Waals surface area (Å²) >= 11 is 0. The molecule has 0 radical (unpaired) electrons. The third kappa shape index (κ3) is 2.31. The number of aromatic nitrogens is 1. The number of pyridine rings is 1. The summed E-state index contributed by atoms with van der Waals surface area (Å²) in [5, 5.41) is 11.6. The third-order valence-corrected chi connectivity index (χ3v) is 2.57. The second-order valence-corrected chi connectivity index (χ2v) is 4.00. The number of fused-ring (bicyclic) bond motifs is 1. The molecule has 1 N–H and O–H groups in total. The first-order valence-electron chi connectivity index (χ1n) is 5.59. The number of hydrogen-bond acceptors (Lipinski definition) is 5. The first-order chi connectivity index (χ1) is 9.55.